The van der Waals surface area contributed by atoms with Gasteiger partial charge in [0, 0.05) is 11.0 Å². The summed E-state index contributed by atoms with van der Waals surface area (Å²) in [6.07, 6.45) is 2.28. The van der Waals surface area contributed by atoms with Crippen LogP contribution in [0, 0.1) is 0 Å². The third-order valence-electron chi connectivity index (χ3n) is 2.16. The summed E-state index contributed by atoms with van der Waals surface area (Å²) in [7, 11) is 0. The lowest BCUT2D eigenvalue weighted by Gasteiger charge is -2.04. The van der Waals surface area contributed by atoms with Gasteiger partial charge in [-0.05, 0) is 24.1 Å². The Kier molecular flexibility index (Phi) is 9.53. The van der Waals surface area contributed by atoms with E-state index in [-0.39, 0.29) is 24.0 Å². The van der Waals surface area contributed by atoms with E-state index in [1.807, 2.05) is 24.3 Å². The van der Waals surface area contributed by atoms with E-state index in [0.717, 1.165) is 29.4 Å². The molecule has 96 valence electrons. The van der Waals surface area contributed by atoms with Gasteiger partial charge in [0.25, 0.3) is 0 Å². The molecule has 0 aromatic heterocycles. The van der Waals surface area contributed by atoms with Crippen LogP contribution >= 0.6 is 39.9 Å². The van der Waals surface area contributed by atoms with Crippen LogP contribution in [0.2, 0.25) is 0 Å². The molecule has 0 fully saturated rings. The average molecular weight is 412 g/mol. The van der Waals surface area contributed by atoms with E-state index in [4.69, 9.17) is 5.73 Å². The summed E-state index contributed by atoms with van der Waals surface area (Å²) in [6.45, 7) is 3.66. The number of halogens is 2. The Bertz CT molecular complexity index is 355. The fraction of sp³-hybridized carbons (Fsp3) is 0.417. The molecule has 1 rings (SSSR count). The molecule has 0 saturated carbocycles. The monoisotopic (exact) mass is 411 g/mol. The highest BCUT2D eigenvalue weighted by molar-refractivity contribution is 14.0. The molecule has 3 N–H and O–H groups in total. The van der Waals surface area contributed by atoms with Crippen molar-refractivity contribution in [1.29, 1.82) is 0 Å². The van der Waals surface area contributed by atoms with Crippen molar-refractivity contribution < 1.29 is 0 Å². The molecular weight excluding hydrogens is 393 g/mol. The number of nitrogens with two attached hydrogens (primary N) is 1. The Morgan fingerprint density at radius 2 is 2.24 bits per heavy atom. The van der Waals surface area contributed by atoms with Crippen molar-refractivity contribution in [2.45, 2.75) is 26.3 Å². The SMILES string of the molecule is CCCCNC(N)=NCc1cccc(Br)c1.I. The lowest BCUT2D eigenvalue weighted by molar-refractivity contribution is 0.748. The molecule has 0 radical (unpaired) electrons. The third kappa shape index (κ3) is 7.59. The van der Waals surface area contributed by atoms with Crippen LogP contribution in [0.5, 0.6) is 0 Å². The summed E-state index contributed by atoms with van der Waals surface area (Å²) in [5.41, 5.74) is 6.88. The maximum absolute atomic E-state index is 5.73. The van der Waals surface area contributed by atoms with Crippen LogP contribution in [0.4, 0.5) is 0 Å². The minimum atomic E-state index is 0. The molecule has 1 aromatic carbocycles. The van der Waals surface area contributed by atoms with Crippen molar-refractivity contribution in [2.24, 2.45) is 10.7 Å². The molecule has 0 aliphatic carbocycles. The van der Waals surface area contributed by atoms with Crippen LogP contribution in [-0.2, 0) is 6.54 Å². The van der Waals surface area contributed by atoms with E-state index in [2.05, 4.69) is 33.2 Å². The van der Waals surface area contributed by atoms with Gasteiger partial charge in [-0.3, -0.25) is 0 Å². The lowest BCUT2D eigenvalue weighted by Crippen LogP contribution is -2.32. The summed E-state index contributed by atoms with van der Waals surface area (Å²) in [5, 5.41) is 3.08. The quantitative estimate of drug-likeness (QED) is 0.338. The highest BCUT2D eigenvalue weighted by Gasteiger charge is 1.94. The van der Waals surface area contributed by atoms with Crippen LogP contribution in [0.1, 0.15) is 25.3 Å². The molecule has 3 nitrogen and oxygen atoms in total. The molecule has 0 unspecified atom stereocenters. The molecule has 0 aliphatic rings. The third-order valence-corrected chi connectivity index (χ3v) is 2.65. The number of rotatable bonds is 5. The van der Waals surface area contributed by atoms with Crippen molar-refractivity contribution in [1.82, 2.24) is 5.32 Å². The van der Waals surface area contributed by atoms with E-state index in [9.17, 15) is 0 Å². The number of guanidine groups is 1. The van der Waals surface area contributed by atoms with Crippen molar-refractivity contribution in [2.75, 3.05) is 6.54 Å². The van der Waals surface area contributed by atoms with Gasteiger partial charge in [0.15, 0.2) is 5.96 Å². The number of hydrogen-bond donors (Lipinski definition) is 2. The van der Waals surface area contributed by atoms with Gasteiger partial charge in [-0.1, -0.05) is 41.4 Å². The van der Waals surface area contributed by atoms with Gasteiger partial charge in [-0.2, -0.15) is 0 Å². The zero-order valence-corrected chi connectivity index (χ0v) is 13.9. The van der Waals surface area contributed by atoms with E-state index < -0.39 is 0 Å². The molecule has 17 heavy (non-hydrogen) atoms. The minimum absolute atomic E-state index is 0. The molecule has 0 saturated heterocycles. The van der Waals surface area contributed by atoms with E-state index >= 15 is 0 Å². The van der Waals surface area contributed by atoms with Crippen LogP contribution in [0.3, 0.4) is 0 Å². The largest absolute Gasteiger partial charge is 0.370 e. The normalized spacial score (nSPS) is 10.8. The summed E-state index contributed by atoms with van der Waals surface area (Å²) in [5.74, 6) is 0.522. The molecule has 5 heteroatoms. The molecule has 0 heterocycles. The minimum Gasteiger partial charge on any atom is -0.370 e. The summed E-state index contributed by atoms with van der Waals surface area (Å²) >= 11 is 3.43. The maximum atomic E-state index is 5.73. The first-order valence-corrected chi connectivity index (χ1v) is 6.30. The second-order valence-electron chi connectivity index (χ2n) is 3.61. The smallest absolute Gasteiger partial charge is 0.188 e. The van der Waals surface area contributed by atoms with Crippen LogP contribution < -0.4 is 11.1 Å². The van der Waals surface area contributed by atoms with Gasteiger partial charge in [0.05, 0.1) is 6.54 Å². The molecule has 1 aromatic rings. The van der Waals surface area contributed by atoms with Gasteiger partial charge in [-0.25, -0.2) is 4.99 Å². The second-order valence-corrected chi connectivity index (χ2v) is 4.53. The summed E-state index contributed by atoms with van der Waals surface area (Å²) in [4.78, 5) is 4.27. The van der Waals surface area contributed by atoms with E-state index in [0.29, 0.717) is 12.5 Å². The first-order valence-electron chi connectivity index (χ1n) is 5.50. The Morgan fingerprint density at radius 1 is 1.47 bits per heavy atom. The van der Waals surface area contributed by atoms with Gasteiger partial charge >= 0.3 is 0 Å². The molecule has 0 bridgehead atoms. The maximum Gasteiger partial charge on any atom is 0.188 e. The zero-order chi connectivity index (χ0) is 11.8. The molecule has 0 spiro atoms. The molecule has 0 atom stereocenters. The number of benzene rings is 1. The first kappa shape index (κ1) is 16.7. The number of unbranched alkanes of at least 4 members (excludes halogenated alkanes) is 1. The predicted molar refractivity (Wildman–Crippen MR) is 87.8 cm³/mol. The van der Waals surface area contributed by atoms with Gasteiger partial charge < -0.3 is 11.1 Å². The average Bonchev–Trinajstić information content (AvgIpc) is 2.27. The molecule has 0 amide bonds. The van der Waals surface area contributed by atoms with E-state index in [1.54, 1.807) is 0 Å². The number of aliphatic imine (C=N–C) groups is 1. The van der Waals surface area contributed by atoms with Crippen molar-refractivity contribution in [3.8, 4) is 0 Å². The standard InChI is InChI=1S/C12H18BrN3.HI/c1-2-3-7-15-12(14)16-9-10-5-4-6-11(13)8-10;/h4-6,8H,2-3,7,9H2,1H3,(H3,14,15,16);1H. The highest BCUT2D eigenvalue weighted by Crippen LogP contribution is 2.12. The van der Waals surface area contributed by atoms with Crippen molar-refractivity contribution in [3.05, 3.63) is 34.3 Å². The van der Waals surface area contributed by atoms with Gasteiger partial charge in [-0.15, -0.1) is 24.0 Å². The number of nitrogens with one attached hydrogen (secondary N) is 1. The Morgan fingerprint density at radius 3 is 2.88 bits per heavy atom. The Hall–Kier alpha value is -0.300. The highest BCUT2D eigenvalue weighted by atomic mass is 127. The fourth-order valence-corrected chi connectivity index (χ4v) is 1.71. The van der Waals surface area contributed by atoms with Crippen molar-refractivity contribution in [3.63, 3.8) is 0 Å². The van der Waals surface area contributed by atoms with Gasteiger partial charge in [0.1, 0.15) is 0 Å². The van der Waals surface area contributed by atoms with Crippen LogP contribution in [-0.4, -0.2) is 12.5 Å². The fourth-order valence-electron chi connectivity index (χ4n) is 1.26. The number of hydrogen-bond acceptors (Lipinski definition) is 1. The van der Waals surface area contributed by atoms with Gasteiger partial charge in [0.2, 0.25) is 0 Å². The second kappa shape index (κ2) is 9.70. The molecule has 0 aliphatic heterocycles. The lowest BCUT2D eigenvalue weighted by atomic mass is 10.2. The Labute approximate surface area is 128 Å². The zero-order valence-electron chi connectivity index (χ0n) is 9.95. The summed E-state index contributed by atoms with van der Waals surface area (Å²) < 4.78 is 1.07. The predicted octanol–water partition coefficient (Wildman–Crippen LogP) is 3.27. The summed E-state index contributed by atoms with van der Waals surface area (Å²) in [6, 6.07) is 8.07. The van der Waals surface area contributed by atoms with E-state index in [1.165, 1.54) is 0 Å². The van der Waals surface area contributed by atoms with Crippen LogP contribution in [0.15, 0.2) is 33.7 Å². The van der Waals surface area contributed by atoms with Crippen molar-refractivity contribution >= 4 is 45.9 Å². The molecular formula is C12H19BrIN3. The van der Waals surface area contributed by atoms with Crippen LogP contribution in [0.25, 0.3) is 0 Å². The Balaban J connectivity index is 0.00000256. The number of nitrogens with zero attached hydrogens (tertiary/aromatic N) is 1. The first-order chi connectivity index (χ1) is 7.72. The topological polar surface area (TPSA) is 50.4 Å².